The number of hydrogen-bond donors (Lipinski definition) is 1. The van der Waals surface area contributed by atoms with Gasteiger partial charge in [0, 0.05) is 6.04 Å². The lowest BCUT2D eigenvalue weighted by atomic mass is 10.0. The van der Waals surface area contributed by atoms with Crippen molar-refractivity contribution in [1.29, 1.82) is 0 Å². The molecule has 0 spiro atoms. The van der Waals surface area contributed by atoms with E-state index in [2.05, 4.69) is 12.2 Å². The van der Waals surface area contributed by atoms with Gasteiger partial charge in [0.15, 0.2) is 0 Å². The first-order chi connectivity index (χ1) is 6.61. The Labute approximate surface area is 85.3 Å². The fourth-order valence-electron chi connectivity index (χ4n) is 1.48. The maximum absolute atomic E-state index is 13.0. The first-order valence-corrected chi connectivity index (χ1v) is 5.05. The lowest BCUT2D eigenvalue weighted by molar-refractivity contribution is 0.562. The van der Waals surface area contributed by atoms with E-state index in [4.69, 9.17) is 0 Å². The molecule has 0 amide bonds. The van der Waals surface area contributed by atoms with Crippen LogP contribution in [0.5, 0.6) is 0 Å². The number of rotatable bonds is 4. The van der Waals surface area contributed by atoms with Crippen molar-refractivity contribution in [3.63, 3.8) is 0 Å². The second-order valence-electron chi connectivity index (χ2n) is 3.87. The fourth-order valence-corrected chi connectivity index (χ4v) is 1.48. The molecule has 0 saturated carbocycles. The molecule has 78 valence electrons. The molecule has 0 aliphatic rings. The zero-order chi connectivity index (χ0) is 10.6. The molecule has 2 heteroatoms. The Balaban J connectivity index is 2.58. The van der Waals surface area contributed by atoms with Crippen LogP contribution < -0.4 is 5.32 Å². The van der Waals surface area contributed by atoms with Gasteiger partial charge in [0.25, 0.3) is 0 Å². The zero-order valence-electron chi connectivity index (χ0n) is 9.10. The van der Waals surface area contributed by atoms with Crippen LogP contribution in [0.15, 0.2) is 18.2 Å². The Kier molecular flexibility index (Phi) is 4.08. The van der Waals surface area contributed by atoms with Crippen LogP contribution in [0.2, 0.25) is 0 Å². The molecule has 1 rings (SSSR count). The molecule has 1 unspecified atom stereocenters. The van der Waals surface area contributed by atoms with Crippen LogP contribution in [-0.2, 0) is 6.42 Å². The van der Waals surface area contributed by atoms with Gasteiger partial charge >= 0.3 is 0 Å². The summed E-state index contributed by atoms with van der Waals surface area (Å²) in [5.74, 6) is -0.128. The van der Waals surface area contributed by atoms with Gasteiger partial charge in [0.2, 0.25) is 0 Å². The van der Waals surface area contributed by atoms with Gasteiger partial charge in [-0.25, -0.2) is 4.39 Å². The minimum atomic E-state index is -0.128. The summed E-state index contributed by atoms with van der Waals surface area (Å²) in [4.78, 5) is 0. The Morgan fingerprint density at radius 2 is 2.07 bits per heavy atom. The second-order valence-corrected chi connectivity index (χ2v) is 3.87. The monoisotopic (exact) mass is 195 g/mol. The molecular formula is C12H18FN. The summed E-state index contributed by atoms with van der Waals surface area (Å²) in [5, 5.41) is 3.17. The van der Waals surface area contributed by atoms with Crippen molar-refractivity contribution >= 4 is 0 Å². The van der Waals surface area contributed by atoms with Gasteiger partial charge < -0.3 is 5.32 Å². The van der Waals surface area contributed by atoms with Crippen LogP contribution in [0, 0.1) is 12.7 Å². The highest BCUT2D eigenvalue weighted by Crippen LogP contribution is 2.11. The molecular weight excluding hydrogens is 177 g/mol. The molecule has 0 aliphatic heterocycles. The van der Waals surface area contributed by atoms with Crippen molar-refractivity contribution < 1.29 is 4.39 Å². The Morgan fingerprint density at radius 3 is 2.64 bits per heavy atom. The van der Waals surface area contributed by atoms with E-state index in [1.165, 1.54) is 0 Å². The molecule has 1 nitrogen and oxygen atoms in total. The minimum absolute atomic E-state index is 0.128. The number of nitrogens with one attached hydrogen (secondary N) is 1. The molecule has 0 saturated heterocycles. The zero-order valence-corrected chi connectivity index (χ0v) is 9.10. The van der Waals surface area contributed by atoms with Gasteiger partial charge in [-0.1, -0.05) is 6.07 Å². The molecule has 14 heavy (non-hydrogen) atoms. The maximum atomic E-state index is 13.0. The van der Waals surface area contributed by atoms with Gasteiger partial charge in [-0.05, 0) is 57.0 Å². The van der Waals surface area contributed by atoms with Crippen molar-refractivity contribution in [3.05, 3.63) is 35.1 Å². The normalized spacial score (nSPS) is 12.9. The number of benzene rings is 1. The van der Waals surface area contributed by atoms with Crippen LogP contribution in [-0.4, -0.2) is 13.1 Å². The minimum Gasteiger partial charge on any atom is -0.317 e. The quantitative estimate of drug-likeness (QED) is 0.779. The van der Waals surface area contributed by atoms with E-state index in [1.807, 2.05) is 20.0 Å². The fraction of sp³-hybridized carbons (Fsp3) is 0.500. The summed E-state index contributed by atoms with van der Waals surface area (Å²) in [6.45, 7) is 4.06. The molecule has 1 N–H and O–H groups in total. The van der Waals surface area contributed by atoms with Crippen LogP contribution >= 0.6 is 0 Å². The lowest BCUT2D eigenvalue weighted by Crippen LogP contribution is -2.21. The molecule has 0 fully saturated rings. The third-order valence-electron chi connectivity index (χ3n) is 2.46. The van der Waals surface area contributed by atoms with Crippen LogP contribution in [0.4, 0.5) is 4.39 Å². The molecule has 0 aromatic heterocycles. The summed E-state index contributed by atoms with van der Waals surface area (Å²) in [6.07, 6.45) is 1.97. The van der Waals surface area contributed by atoms with E-state index in [0.29, 0.717) is 6.04 Å². The standard InChI is InChI=1S/C12H18FN/c1-9-6-11(8-12(13)7-9)5-4-10(2)14-3/h6-8,10,14H,4-5H2,1-3H3. The number of halogens is 1. The molecule has 1 aromatic carbocycles. The lowest BCUT2D eigenvalue weighted by Gasteiger charge is -2.09. The first-order valence-electron chi connectivity index (χ1n) is 5.05. The molecule has 0 aliphatic carbocycles. The third kappa shape index (κ3) is 3.46. The Morgan fingerprint density at radius 1 is 1.36 bits per heavy atom. The van der Waals surface area contributed by atoms with E-state index in [-0.39, 0.29) is 5.82 Å². The number of hydrogen-bond acceptors (Lipinski definition) is 1. The van der Waals surface area contributed by atoms with Crippen LogP contribution in [0.3, 0.4) is 0 Å². The Hall–Kier alpha value is -0.890. The highest BCUT2D eigenvalue weighted by atomic mass is 19.1. The highest BCUT2D eigenvalue weighted by Gasteiger charge is 2.01. The van der Waals surface area contributed by atoms with Crippen molar-refractivity contribution in [2.24, 2.45) is 0 Å². The first kappa shape index (κ1) is 11.2. The summed E-state index contributed by atoms with van der Waals surface area (Å²) >= 11 is 0. The van der Waals surface area contributed by atoms with E-state index in [9.17, 15) is 4.39 Å². The van der Waals surface area contributed by atoms with Gasteiger partial charge in [-0.15, -0.1) is 0 Å². The SMILES string of the molecule is CNC(C)CCc1cc(C)cc(F)c1. The molecule has 0 heterocycles. The predicted octanol–water partition coefficient (Wildman–Crippen LogP) is 2.67. The third-order valence-corrected chi connectivity index (χ3v) is 2.46. The van der Waals surface area contributed by atoms with Crippen molar-refractivity contribution in [1.82, 2.24) is 5.32 Å². The second kappa shape index (κ2) is 5.11. The van der Waals surface area contributed by atoms with Crippen molar-refractivity contribution in [3.8, 4) is 0 Å². The summed E-state index contributed by atoms with van der Waals surface area (Å²) in [5.41, 5.74) is 2.08. The molecule has 0 bridgehead atoms. The van der Waals surface area contributed by atoms with E-state index < -0.39 is 0 Å². The average Bonchev–Trinajstić information content (AvgIpc) is 2.12. The predicted molar refractivity (Wildman–Crippen MR) is 58.0 cm³/mol. The largest absolute Gasteiger partial charge is 0.317 e. The van der Waals surface area contributed by atoms with E-state index >= 15 is 0 Å². The van der Waals surface area contributed by atoms with Crippen LogP contribution in [0.1, 0.15) is 24.5 Å². The number of aryl methyl sites for hydroxylation is 2. The van der Waals surface area contributed by atoms with Gasteiger partial charge in [-0.3, -0.25) is 0 Å². The van der Waals surface area contributed by atoms with Gasteiger partial charge in [-0.2, -0.15) is 0 Å². The highest BCUT2D eigenvalue weighted by molar-refractivity contribution is 5.23. The van der Waals surface area contributed by atoms with Crippen LogP contribution in [0.25, 0.3) is 0 Å². The smallest absolute Gasteiger partial charge is 0.123 e. The molecule has 1 aromatic rings. The van der Waals surface area contributed by atoms with Crippen molar-refractivity contribution in [2.75, 3.05) is 7.05 Å². The summed E-state index contributed by atoms with van der Waals surface area (Å²) < 4.78 is 13.0. The van der Waals surface area contributed by atoms with E-state index in [1.54, 1.807) is 12.1 Å². The van der Waals surface area contributed by atoms with E-state index in [0.717, 1.165) is 24.0 Å². The van der Waals surface area contributed by atoms with Gasteiger partial charge in [0.05, 0.1) is 0 Å². The topological polar surface area (TPSA) is 12.0 Å². The summed E-state index contributed by atoms with van der Waals surface area (Å²) in [7, 11) is 1.95. The maximum Gasteiger partial charge on any atom is 0.123 e. The summed E-state index contributed by atoms with van der Waals surface area (Å²) in [6, 6.07) is 5.71. The Bertz CT molecular complexity index is 276. The molecule has 0 radical (unpaired) electrons. The van der Waals surface area contributed by atoms with Gasteiger partial charge in [0.1, 0.15) is 5.82 Å². The average molecular weight is 195 g/mol. The van der Waals surface area contributed by atoms with Crippen molar-refractivity contribution in [2.45, 2.75) is 32.7 Å². The molecule has 1 atom stereocenters.